The third-order valence-electron chi connectivity index (χ3n) is 3.33. The van der Waals surface area contributed by atoms with Gasteiger partial charge < -0.3 is 24.6 Å². The average molecular weight is 339 g/mol. The Morgan fingerprint density at radius 3 is 2.45 bits per heavy atom. The van der Waals surface area contributed by atoms with Crippen molar-refractivity contribution in [1.82, 2.24) is 5.32 Å². The molecule has 3 N–H and O–H groups in total. The van der Waals surface area contributed by atoms with Gasteiger partial charge in [-0.15, -0.1) is 0 Å². The van der Waals surface area contributed by atoms with Gasteiger partial charge in [-0.1, -0.05) is 19.3 Å². The molecule has 0 aromatic carbocycles. The predicted molar refractivity (Wildman–Crippen MR) is 78.0 cm³/mol. The quantitative estimate of drug-likeness (QED) is 0.351. The van der Waals surface area contributed by atoms with Crippen LogP contribution >= 0.6 is 8.38 Å². The van der Waals surface area contributed by atoms with Gasteiger partial charge in [0.2, 0.25) is 0 Å². The number of alkyl carbamates (subject to hydrolysis) is 1. The summed E-state index contributed by atoms with van der Waals surface area (Å²) in [6.07, 6.45) is 2.10. The monoisotopic (exact) mass is 339 g/mol. The SMILES string of the molecule is O=C(NC[C@@H](F)CP(O)O)OCCOC(=O)C1CCCCC1. The Morgan fingerprint density at radius 1 is 1.18 bits per heavy atom. The van der Waals surface area contributed by atoms with Crippen molar-refractivity contribution in [3.8, 4) is 0 Å². The first-order chi connectivity index (χ1) is 10.5. The van der Waals surface area contributed by atoms with Gasteiger partial charge in [-0.05, 0) is 12.8 Å². The normalized spacial score (nSPS) is 17.1. The van der Waals surface area contributed by atoms with E-state index in [4.69, 9.17) is 19.3 Å². The molecule has 0 aromatic heterocycles. The Balaban J connectivity index is 2.03. The molecule has 1 fully saturated rings. The van der Waals surface area contributed by atoms with E-state index in [9.17, 15) is 14.0 Å². The van der Waals surface area contributed by atoms with Gasteiger partial charge in [-0.2, -0.15) is 0 Å². The topological polar surface area (TPSA) is 105 Å². The fraction of sp³-hybridized carbons (Fsp3) is 0.846. The molecule has 0 saturated heterocycles. The van der Waals surface area contributed by atoms with E-state index in [2.05, 4.69) is 5.32 Å². The zero-order chi connectivity index (χ0) is 16.4. The summed E-state index contributed by atoms with van der Waals surface area (Å²) in [5.74, 6) is -0.312. The third kappa shape index (κ3) is 8.46. The maximum absolute atomic E-state index is 13.1. The molecule has 1 atom stereocenters. The van der Waals surface area contributed by atoms with Crippen LogP contribution in [0.5, 0.6) is 0 Å². The third-order valence-corrected chi connectivity index (χ3v) is 4.05. The van der Waals surface area contributed by atoms with E-state index < -0.39 is 26.8 Å². The minimum Gasteiger partial charge on any atom is -0.462 e. The number of amides is 1. The second kappa shape index (κ2) is 10.7. The summed E-state index contributed by atoms with van der Waals surface area (Å²) < 4.78 is 22.8. The van der Waals surface area contributed by atoms with Crippen molar-refractivity contribution in [3.05, 3.63) is 0 Å². The first kappa shape index (κ1) is 19.1. The van der Waals surface area contributed by atoms with E-state index in [0.717, 1.165) is 32.1 Å². The van der Waals surface area contributed by atoms with Crippen molar-refractivity contribution >= 4 is 20.4 Å². The molecule has 1 rings (SSSR count). The number of carbonyl (C=O) groups is 2. The van der Waals surface area contributed by atoms with Crippen LogP contribution in [0.3, 0.4) is 0 Å². The van der Waals surface area contributed by atoms with Crippen LogP contribution in [0, 0.1) is 5.92 Å². The van der Waals surface area contributed by atoms with Crippen LogP contribution in [0.4, 0.5) is 9.18 Å². The maximum atomic E-state index is 13.1. The minimum absolute atomic E-state index is 0.0274. The summed E-state index contributed by atoms with van der Waals surface area (Å²) in [5.41, 5.74) is 0. The number of hydrogen-bond donors (Lipinski definition) is 3. The maximum Gasteiger partial charge on any atom is 0.407 e. The van der Waals surface area contributed by atoms with Gasteiger partial charge in [0.25, 0.3) is 0 Å². The fourth-order valence-electron chi connectivity index (χ4n) is 2.22. The molecule has 1 saturated carbocycles. The number of hydrogen-bond acceptors (Lipinski definition) is 6. The number of esters is 1. The highest BCUT2D eigenvalue weighted by Crippen LogP contribution is 2.25. The number of ether oxygens (including phenoxy) is 2. The van der Waals surface area contributed by atoms with Crippen molar-refractivity contribution in [1.29, 1.82) is 0 Å². The molecule has 0 heterocycles. The van der Waals surface area contributed by atoms with Gasteiger partial charge in [0.05, 0.1) is 18.6 Å². The van der Waals surface area contributed by atoms with E-state index in [0.29, 0.717) is 0 Å². The van der Waals surface area contributed by atoms with Gasteiger partial charge >= 0.3 is 12.1 Å². The Bertz CT molecular complexity index is 351. The molecule has 128 valence electrons. The van der Waals surface area contributed by atoms with Crippen LogP contribution in [0.2, 0.25) is 0 Å². The van der Waals surface area contributed by atoms with E-state index in [1.807, 2.05) is 0 Å². The standard InChI is InChI=1S/C13H23FNO6P/c14-11(9-22(18)19)8-15-13(17)21-7-6-20-12(16)10-4-2-1-3-5-10/h10-11,18-19H,1-9H2,(H,15,17)/t11-/m1/s1. The second-order valence-corrected chi connectivity index (χ2v) is 6.28. The lowest BCUT2D eigenvalue weighted by Crippen LogP contribution is -2.32. The van der Waals surface area contributed by atoms with Crippen LogP contribution in [-0.4, -0.2) is 53.9 Å². The van der Waals surface area contributed by atoms with Crippen molar-refractivity contribution in [2.45, 2.75) is 38.3 Å². The largest absolute Gasteiger partial charge is 0.462 e. The number of carbonyl (C=O) groups excluding carboxylic acids is 2. The average Bonchev–Trinajstić information content (AvgIpc) is 2.49. The van der Waals surface area contributed by atoms with Crippen LogP contribution in [0.25, 0.3) is 0 Å². The second-order valence-electron chi connectivity index (χ2n) is 5.17. The van der Waals surface area contributed by atoms with Gasteiger partial charge in [-0.3, -0.25) is 4.79 Å². The number of rotatable bonds is 8. The van der Waals surface area contributed by atoms with Gasteiger partial charge in [0.15, 0.2) is 8.38 Å². The van der Waals surface area contributed by atoms with Crippen LogP contribution < -0.4 is 5.32 Å². The van der Waals surface area contributed by atoms with E-state index in [1.165, 1.54) is 0 Å². The Kier molecular flexibility index (Phi) is 9.27. The van der Waals surface area contributed by atoms with Crippen LogP contribution in [0.15, 0.2) is 0 Å². The van der Waals surface area contributed by atoms with Crippen molar-refractivity contribution in [2.75, 3.05) is 25.9 Å². The summed E-state index contributed by atoms with van der Waals surface area (Å²) in [5, 5.41) is 2.15. The van der Waals surface area contributed by atoms with Crippen molar-refractivity contribution in [2.24, 2.45) is 5.92 Å². The number of alkyl halides is 1. The molecule has 0 bridgehead atoms. The van der Waals surface area contributed by atoms with Crippen molar-refractivity contribution in [3.63, 3.8) is 0 Å². The highest BCUT2D eigenvalue weighted by Gasteiger charge is 2.22. The zero-order valence-corrected chi connectivity index (χ0v) is 13.3. The molecule has 0 spiro atoms. The van der Waals surface area contributed by atoms with E-state index >= 15 is 0 Å². The molecule has 1 aliphatic rings. The first-order valence-electron chi connectivity index (χ1n) is 7.35. The van der Waals surface area contributed by atoms with Crippen LogP contribution in [0.1, 0.15) is 32.1 Å². The highest BCUT2D eigenvalue weighted by atomic mass is 31.2. The number of halogens is 1. The lowest BCUT2D eigenvalue weighted by atomic mass is 9.89. The Hall–Kier alpha value is -0.980. The molecule has 1 aliphatic carbocycles. The molecule has 0 aliphatic heterocycles. The lowest BCUT2D eigenvalue weighted by Gasteiger charge is -2.19. The minimum atomic E-state index is -2.32. The highest BCUT2D eigenvalue weighted by molar-refractivity contribution is 7.45. The van der Waals surface area contributed by atoms with E-state index in [-0.39, 0.29) is 31.6 Å². The smallest absolute Gasteiger partial charge is 0.407 e. The Labute approximate surface area is 130 Å². The molecular formula is C13H23FNO6P. The summed E-state index contributed by atoms with van der Waals surface area (Å²) in [4.78, 5) is 40.1. The van der Waals surface area contributed by atoms with Crippen molar-refractivity contribution < 1.29 is 33.2 Å². The van der Waals surface area contributed by atoms with E-state index in [1.54, 1.807) is 0 Å². The molecule has 1 amide bonds. The predicted octanol–water partition coefficient (Wildman–Crippen LogP) is 1.47. The lowest BCUT2D eigenvalue weighted by molar-refractivity contribution is -0.150. The summed E-state index contributed by atoms with van der Waals surface area (Å²) >= 11 is 0. The molecule has 0 unspecified atom stereocenters. The zero-order valence-electron chi connectivity index (χ0n) is 12.4. The van der Waals surface area contributed by atoms with Gasteiger partial charge in [0, 0.05) is 0 Å². The fourth-order valence-corrected chi connectivity index (χ4v) is 2.70. The molecule has 0 aromatic rings. The summed E-state index contributed by atoms with van der Waals surface area (Å²) in [6, 6.07) is 0. The number of nitrogens with one attached hydrogen (secondary N) is 1. The molecule has 7 nitrogen and oxygen atoms in total. The summed E-state index contributed by atoms with van der Waals surface area (Å²) in [7, 11) is -2.32. The molecular weight excluding hydrogens is 316 g/mol. The van der Waals surface area contributed by atoms with Gasteiger partial charge in [-0.25, -0.2) is 9.18 Å². The first-order valence-corrected chi connectivity index (χ1v) is 8.79. The molecule has 9 heteroatoms. The Morgan fingerprint density at radius 2 is 1.82 bits per heavy atom. The molecule has 22 heavy (non-hydrogen) atoms. The summed E-state index contributed by atoms with van der Waals surface area (Å²) in [6.45, 7) is -0.491. The molecule has 0 radical (unpaired) electrons. The van der Waals surface area contributed by atoms with Gasteiger partial charge in [0.1, 0.15) is 19.4 Å². The van der Waals surface area contributed by atoms with Crippen LogP contribution in [-0.2, 0) is 14.3 Å².